The monoisotopic (exact) mass is 252 g/mol. The van der Waals surface area contributed by atoms with E-state index in [1.54, 1.807) is 0 Å². The van der Waals surface area contributed by atoms with E-state index >= 15 is 0 Å². The van der Waals surface area contributed by atoms with Crippen LogP contribution in [0.2, 0.25) is 0 Å². The van der Waals surface area contributed by atoms with E-state index in [0.717, 1.165) is 51.3 Å². The Hall–Kier alpha value is -1.13. The summed E-state index contributed by atoms with van der Waals surface area (Å²) in [4.78, 5) is 4.72. The largest absolute Gasteiger partial charge is 0.396 e. The van der Waals surface area contributed by atoms with Gasteiger partial charge in [0.2, 0.25) is 0 Å². The Bertz CT molecular complexity index is 347. The topological polar surface area (TPSA) is 26.7 Å². The van der Waals surface area contributed by atoms with Gasteiger partial charge >= 0.3 is 0 Å². The van der Waals surface area contributed by atoms with E-state index in [1.165, 1.54) is 12.1 Å². The highest BCUT2D eigenvalue weighted by molar-refractivity contribution is 5.46. The minimum atomic E-state index is -0.179. The molecule has 100 valence electrons. The Kier molecular flexibility index (Phi) is 4.96. The quantitative estimate of drug-likeness (QED) is 0.808. The van der Waals surface area contributed by atoms with Gasteiger partial charge in [0.25, 0.3) is 0 Å². The van der Waals surface area contributed by atoms with Crippen molar-refractivity contribution in [2.45, 2.75) is 12.8 Å². The molecule has 0 atom stereocenters. The van der Waals surface area contributed by atoms with E-state index < -0.39 is 0 Å². The second-order valence-electron chi connectivity index (χ2n) is 4.74. The third-order valence-electron chi connectivity index (χ3n) is 3.45. The maximum atomic E-state index is 12.8. The number of halogens is 1. The van der Waals surface area contributed by atoms with Gasteiger partial charge in [0.1, 0.15) is 5.82 Å². The molecule has 1 saturated heterocycles. The van der Waals surface area contributed by atoms with Crippen LogP contribution in [0.3, 0.4) is 0 Å². The summed E-state index contributed by atoms with van der Waals surface area (Å²) in [6.07, 6.45) is 1.95. The van der Waals surface area contributed by atoms with Gasteiger partial charge in [0, 0.05) is 38.5 Å². The van der Waals surface area contributed by atoms with Crippen LogP contribution in [-0.2, 0) is 0 Å². The van der Waals surface area contributed by atoms with E-state index in [1.807, 2.05) is 12.1 Å². The van der Waals surface area contributed by atoms with Crippen molar-refractivity contribution in [2.75, 3.05) is 44.2 Å². The molecule has 1 heterocycles. The zero-order valence-electron chi connectivity index (χ0n) is 10.7. The highest BCUT2D eigenvalue weighted by atomic mass is 19.1. The molecule has 1 aliphatic rings. The zero-order chi connectivity index (χ0) is 12.8. The van der Waals surface area contributed by atoms with E-state index in [-0.39, 0.29) is 12.4 Å². The van der Waals surface area contributed by atoms with Crippen molar-refractivity contribution in [3.8, 4) is 0 Å². The lowest BCUT2D eigenvalue weighted by Gasteiger charge is -2.36. The molecule has 0 aromatic heterocycles. The van der Waals surface area contributed by atoms with Crippen LogP contribution in [-0.4, -0.2) is 49.3 Å². The van der Waals surface area contributed by atoms with Gasteiger partial charge in [0.05, 0.1) is 0 Å². The summed E-state index contributed by atoms with van der Waals surface area (Å²) in [5.74, 6) is -0.179. The van der Waals surface area contributed by atoms with Crippen molar-refractivity contribution in [1.29, 1.82) is 0 Å². The molecule has 1 aromatic carbocycles. The van der Waals surface area contributed by atoms with E-state index in [0.29, 0.717) is 0 Å². The van der Waals surface area contributed by atoms with Crippen LogP contribution in [0.15, 0.2) is 24.3 Å². The third kappa shape index (κ3) is 3.68. The molecule has 0 unspecified atom stereocenters. The Morgan fingerprint density at radius 3 is 2.28 bits per heavy atom. The number of piperazine rings is 1. The zero-order valence-corrected chi connectivity index (χ0v) is 10.7. The second-order valence-corrected chi connectivity index (χ2v) is 4.74. The van der Waals surface area contributed by atoms with Crippen molar-refractivity contribution in [1.82, 2.24) is 4.90 Å². The summed E-state index contributed by atoms with van der Waals surface area (Å²) in [6, 6.07) is 6.72. The number of unbranched alkanes of at least 4 members (excludes halogenated alkanes) is 1. The van der Waals surface area contributed by atoms with Gasteiger partial charge < -0.3 is 10.0 Å². The molecule has 1 N–H and O–H groups in total. The third-order valence-corrected chi connectivity index (χ3v) is 3.45. The Morgan fingerprint density at radius 2 is 1.67 bits per heavy atom. The predicted octanol–water partition coefficient (Wildman–Crippen LogP) is 1.72. The van der Waals surface area contributed by atoms with Gasteiger partial charge in [0.15, 0.2) is 0 Å². The fraction of sp³-hybridized carbons (Fsp3) is 0.571. The molecular weight excluding hydrogens is 231 g/mol. The molecule has 4 heteroatoms. The number of hydrogen-bond donors (Lipinski definition) is 1. The average molecular weight is 252 g/mol. The normalized spacial score (nSPS) is 17.1. The minimum absolute atomic E-state index is 0.179. The van der Waals surface area contributed by atoms with E-state index in [2.05, 4.69) is 9.80 Å². The van der Waals surface area contributed by atoms with Gasteiger partial charge in [-0.2, -0.15) is 0 Å². The van der Waals surface area contributed by atoms with Crippen molar-refractivity contribution < 1.29 is 9.50 Å². The lowest BCUT2D eigenvalue weighted by atomic mass is 10.2. The van der Waals surface area contributed by atoms with Crippen LogP contribution in [0.4, 0.5) is 10.1 Å². The highest BCUT2D eigenvalue weighted by Crippen LogP contribution is 2.16. The summed E-state index contributed by atoms with van der Waals surface area (Å²) >= 11 is 0. The fourth-order valence-corrected chi connectivity index (χ4v) is 2.33. The summed E-state index contributed by atoms with van der Waals surface area (Å²) in [7, 11) is 0. The molecule has 18 heavy (non-hydrogen) atoms. The van der Waals surface area contributed by atoms with E-state index in [9.17, 15) is 4.39 Å². The molecule has 1 aliphatic heterocycles. The number of benzene rings is 1. The number of aliphatic hydroxyl groups excluding tert-OH is 1. The first-order valence-corrected chi connectivity index (χ1v) is 6.63. The Balaban J connectivity index is 1.77. The molecular formula is C14H21FN2O. The molecule has 2 rings (SSSR count). The van der Waals surface area contributed by atoms with Crippen molar-refractivity contribution in [3.05, 3.63) is 30.1 Å². The van der Waals surface area contributed by atoms with Gasteiger partial charge in [-0.05, 0) is 43.7 Å². The van der Waals surface area contributed by atoms with Crippen LogP contribution >= 0.6 is 0 Å². The SMILES string of the molecule is OCCCCN1CCN(c2ccc(F)cc2)CC1. The molecule has 0 saturated carbocycles. The van der Waals surface area contributed by atoms with Gasteiger partial charge in [-0.1, -0.05) is 0 Å². The maximum absolute atomic E-state index is 12.8. The summed E-state index contributed by atoms with van der Waals surface area (Å²) in [5, 5.41) is 8.75. The Morgan fingerprint density at radius 1 is 1.00 bits per heavy atom. The van der Waals surface area contributed by atoms with Gasteiger partial charge in [-0.15, -0.1) is 0 Å². The molecule has 1 aromatic rings. The molecule has 0 bridgehead atoms. The van der Waals surface area contributed by atoms with Crippen LogP contribution in [0, 0.1) is 5.82 Å². The highest BCUT2D eigenvalue weighted by Gasteiger charge is 2.16. The molecule has 0 radical (unpaired) electrons. The molecule has 0 amide bonds. The van der Waals surface area contributed by atoms with Crippen LogP contribution in [0.5, 0.6) is 0 Å². The summed E-state index contributed by atoms with van der Waals surface area (Å²) < 4.78 is 12.8. The second kappa shape index (κ2) is 6.71. The number of anilines is 1. The smallest absolute Gasteiger partial charge is 0.123 e. The predicted molar refractivity (Wildman–Crippen MR) is 71.4 cm³/mol. The lowest BCUT2D eigenvalue weighted by molar-refractivity contribution is 0.232. The molecule has 0 aliphatic carbocycles. The maximum Gasteiger partial charge on any atom is 0.123 e. The van der Waals surface area contributed by atoms with Crippen LogP contribution < -0.4 is 4.90 Å². The number of nitrogens with zero attached hydrogens (tertiary/aromatic N) is 2. The molecule has 0 spiro atoms. The van der Waals surface area contributed by atoms with Crippen LogP contribution in [0.25, 0.3) is 0 Å². The first-order chi connectivity index (χ1) is 8.79. The molecule has 1 fully saturated rings. The summed E-state index contributed by atoms with van der Waals surface area (Å²) in [6.45, 7) is 5.43. The van der Waals surface area contributed by atoms with Crippen molar-refractivity contribution >= 4 is 5.69 Å². The lowest BCUT2D eigenvalue weighted by Crippen LogP contribution is -2.46. The minimum Gasteiger partial charge on any atom is -0.396 e. The fourth-order valence-electron chi connectivity index (χ4n) is 2.33. The van der Waals surface area contributed by atoms with Gasteiger partial charge in [-0.3, -0.25) is 4.90 Å². The van der Waals surface area contributed by atoms with Gasteiger partial charge in [-0.25, -0.2) is 4.39 Å². The summed E-state index contributed by atoms with van der Waals surface area (Å²) in [5.41, 5.74) is 1.10. The first-order valence-electron chi connectivity index (χ1n) is 6.63. The standard InChI is InChI=1S/C14H21FN2O/c15-13-3-5-14(6-4-13)17-10-8-16(9-11-17)7-1-2-12-18/h3-6,18H,1-2,7-12H2. The number of aliphatic hydroxyl groups is 1. The van der Waals surface area contributed by atoms with Crippen molar-refractivity contribution in [2.24, 2.45) is 0 Å². The first kappa shape index (κ1) is 13.3. The number of hydrogen-bond acceptors (Lipinski definition) is 3. The van der Waals surface area contributed by atoms with E-state index in [4.69, 9.17) is 5.11 Å². The Labute approximate surface area is 108 Å². The van der Waals surface area contributed by atoms with Crippen LogP contribution in [0.1, 0.15) is 12.8 Å². The number of rotatable bonds is 5. The van der Waals surface area contributed by atoms with Crippen molar-refractivity contribution in [3.63, 3.8) is 0 Å². The molecule has 3 nitrogen and oxygen atoms in total. The average Bonchev–Trinajstić information content (AvgIpc) is 2.41.